The molecule has 0 aliphatic heterocycles. The van der Waals surface area contributed by atoms with Crippen LogP contribution in [0.2, 0.25) is 0 Å². The SMILES string of the molecule is CCOC(=O)[C@H](CC(C)(C)CBr)N(CC(=O)OC(C)(C)C)S(=O)(=O)c1ccccc1. The van der Waals surface area contributed by atoms with E-state index in [1.807, 2.05) is 13.8 Å². The number of carbonyl (C=O) groups is 2. The number of rotatable bonds is 10. The summed E-state index contributed by atoms with van der Waals surface area (Å²) in [6.07, 6.45) is 0.159. The van der Waals surface area contributed by atoms with Crippen LogP contribution in [-0.2, 0) is 29.1 Å². The topological polar surface area (TPSA) is 90.0 Å². The number of sulfonamides is 1. The van der Waals surface area contributed by atoms with E-state index in [2.05, 4.69) is 15.9 Å². The number of ether oxygens (including phenoxy) is 2. The van der Waals surface area contributed by atoms with Gasteiger partial charge in [0.2, 0.25) is 10.0 Å². The average Bonchev–Trinajstić information content (AvgIpc) is 2.64. The number of halogens is 1. The summed E-state index contributed by atoms with van der Waals surface area (Å²) < 4.78 is 38.3. The normalized spacial score (nSPS) is 13.7. The summed E-state index contributed by atoms with van der Waals surface area (Å²) in [4.78, 5) is 25.4. The smallest absolute Gasteiger partial charge is 0.324 e. The van der Waals surface area contributed by atoms with E-state index in [1.54, 1.807) is 45.9 Å². The zero-order chi connectivity index (χ0) is 23.2. The number of benzene rings is 1. The van der Waals surface area contributed by atoms with Crippen LogP contribution in [0.4, 0.5) is 0 Å². The predicted molar refractivity (Wildman–Crippen MR) is 119 cm³/mol. The Balaban J connectivity index is 3.49. The van der Waals surface area contributed by atoms with Crippen LogP contribution in [0.5, 0.6) is 0 Å². The van der Waals surface area contributed by atoms with Crippen LogP contribution >= 0.6 is 15.9 Å². The fourth-order valence-corrected chi connectivity index (χ4v) is 4.48. The van der Waals surface area contributed by atoms with Gasteiger partial charge in [-0.05, 0) is 51.7 Å². The zero-order valence-electron chi connectivity index (χ0n) is 18.5. The number of hydrogen-bond acceptors (Lipinski definition) is 6. The first-order valence-electron chi connectivity index (χ1n) is 9.75. The molecule has 0 saturated carbocycles. The molecule has 0 aliphatic carbocycles. The van der Waals surface area contributed by atoms with Crippen molar-refractivity contribution in [2.75, 3.05) is 18.5 Å². The van der Waals surface area contributed by atoms with Crippen LogP contribution in [0.15, 0.2) is 35.2 Å². The molecule has 0 spiro atoms. The summed E-state index contributed by atoms with van der Waals surface area (Å²) in [5, 5.41) is 0.529. The molecule has 0 aliphatic rings. The van der Waals surface area contributed by atoms with Crippen LogP contribution in [0.3, 0.4) is 0 Å². The van der Waals surface area contributed by atoms with E-state index in [4.69, 9.17) is 9.47 Å². The molecule has 1 atom stereocenters. The number of nitrogens with zero attached hydrogens (tertiary/aromatic N) is 1. The van der Waals surface area contributed by atoms with Gasteiger partial charge in [-0.15, -0.1) is 0 Å². The summed E-state index contributed by atoms with van der Waals surface area (Å²) in [7, 11) is -4.18. The molecule has 0 radical (unpaired) electrons. The van der Waals surface area contributed by atoms with Gasteiger partial charge in [0, 0.05) is 5.33 Å². The molecule has 170 valence electrons. The van der Waals surface area contributed by atoms with Gasteiger partial charge in [0.15, 0.2) is 0 Å². The van der Waals surface area contributed by atoms with Gasteiger partial charge in [0.1, 0.15) is 18.2 Å². The molecule has 1 aromatic rings. The molecule has 0 unspecified atom stereocenters. The zero-order valence-corrected chi connectivity index (χ0v) is 20.9. The minimum atomic E-state index is -4.18. The van der Waals surface area contributed by atoms with Crippen LogP contribution in [-0.4, -0.2) is 54.8 Å². The van der Waals surface area contributed by atoms with E-state index < -0.39 is 45.6 Å². The van der Waals surface area contributed by atoms with Gasteiger partial charge in [-0.25, -0.2) is 8.42 Å². The Labute approximate surface area is 188 Å². The van der Waals surface area contributed by atoms with Crippen LogP contribution in [0, 0.1) is 5.41 Å². The molecule has 0 aromatic heterocycles. The van der Waals surface area contributed by atoms with Gasteiger partial charge >= 0.3 is 11.9 Å². The highest BCUT2D eigenvalue weighted by molar-refractivity contribution is 9.09. The van der Waals surface area contributed by atoms with Gasteiger partial charge in [-0.1, -0.05) is 48.0 Å². The summed E-state index contributed by atoms with van der Waals surface area (Å²) in [5.41, 5.74) is -1.23. The maximum atomic E-state index is 13.5. The predicted octanol–water partition coefficient (Wildman–Crippen LogP) is 3.76. The van der Waals surface area contributed by atoms with Crippen LogP contribution in [0.1, 0.15) is 48.0 Å². The number of alkyl halides is 1. The monoisotopic (exact) mass is 505 g/mol. The molecule has 0 saturated heterocycles. The summed E-state index contributed by atoms with van der Waals surface area (Å²) >= 11 is 3.41. The lowest BCUT2D eigenvalue weighted by atomic mass is 9.88. The lowest BCUT2D eigenvalue weighted by Crippen LogP contribution is -2.50. The first-order valence-corrected chi connectivity index (χ1v) is 12.3. The highest BCUT2D eigenvalue weighted by atomic mass is 79.9. The molecule has 0 heterocycles. The Bertz CT molecular complexity index is 818. The number of esters is 2. The van der Waals surface area contributed by atoms with Gasteiger partial charge in [-0.2, -0.15) is 4.31 Å². The number of hydrogen-bond donors (Lipinski definition) is 0. The fraction of sp³-hybridized carbons (Fsp3) is 0.619. The molecule has 0 N–H and O–H groups in total. The van der Waals surface area contributed by atoms with Crippen molar-refractivity contribution in [3.05, 3.63) is 30.3 Å². The van der Waals surface area contributed by atoms with Crippen molar-refractivity contribution in [3.63, 3.8) is 0 Å². The Morgan fingerprint density at radius 2 is 1.67 bits per heavy atom. The lowest BCUT2D eigenvalue weighted by Gasteiger charge is -2.34. The number of carbonyl (C=O) groups excluding carboxylic acids is 2. The second-order valence-electron chi connectivity index (χ2n) is 8.72. The molecule has 30 heavy (non-hydrogen) atoms. The lowest BCUT2D eigenvalue weighted by molar-refractivity contribution is -0.157. The highest BCUT2D eigenvalue weighted by Crippen LogP contribution is 2.30. The Hall–Kier alpha value is -1.45. The minimum absolute atomic E-state index is 0.0143. The molecule has 1 rings (SSSR count). The van der Waals surface area contributed by atoms with E-state index >= 15 is 0 Å². The molecule has 1 aromatic carbocycles. The van der Waals surface area contributed by atoms with E-state index in [-0.39, 0.29) is 17.9 Å². The minimum Gasteiger partial charge on any atom is -0.465 e. The molecule has 0 fully saturated rings. The van der Waals surface area contributed by atoms with Crippen molar-refractivity contribution in [2.24, 2.45) is 5.41 Å². The summed E-state index contributed by atoms with van der Waals surface area (Å²) in [6, 6.07) is 6.52. The summed E-state index contributed by atoms with van der Waals surface area (Å²) in [6.45, 7) is 10.0. The second kappa shape index (κ2) is 10.7. The Kier molecular flexibility index (Phi) is 9.51. The molecule has 0 bridgehead atoms. The van der Waals surface area contributed by atoms with Crippen molar-refractivity contribution in [1.82, 2.24) is 4.31 Å². The van der Waals surface area contributed by atoms with E-state index in [1.165, 1.54) is 12.1 Å². The van der Waals surface area contributed by atoms with Gasteiger partial charge < -0.3 is 9.47 Å². The molecular formula is C21H32BrNO6S. The van der Waals surface area contributed by atoms with E-state index in [0.717, 1.165) is 4.31 Å². The summed E-state index contributed by atoms with van der Waals surface area (Å²) in [5.74, 6) is -1.44. The fourth-order valence-electron chi connectivity index (χ4n) is 2.71. The molecule has 7 nitrogen and oxygen atoms in total. The van der Waals surface area contributed by atoms with Crippen molar-refractivity contribution >= 4 is 37.9 Å². The second-order valence-corrected chi connectivity index (χ2v) is 11.2. The van der Waals surface area contributed by atoms with Crippen molar-refractivity contribution < 1.29 is 27.5 Å². The first kappa shape index (κ1) is 26.6. The van der Waals surface area contributed by atoms with Crippen LogP contribution in [0.25, 0.3) is 0 Å². The van der Waals surface area contributed by atoms with E-state index in [9.17, 15) is 18.0 Å². The van der Waals surface area contributed by atoms with Gasteiger partial charge in [0.25, 0.3) is 0 Å². The maximum Gasteiger partial charge on any atom is 0.324 e. The van der Waals surface area contributed by atoms with E-state index in [0.29, 0.717) is 5.33 Å². The van der Waals surface area contributed by atoms with Crippen molar-refractivity contribution in [2.45, 2.75) is 64.5 Å². The largest absolute Gasteiger partial charge is 0.465 e. The Morgan fingerprint density at radius 3 is 2.13 bits per heavy atom. The third-order valence-electron chi connectivity index (χ3n) is 4.07. The quantitative estimate of drug-likeness (QED) is 0.355. The Morgan fingerprint density at radius 1 is 1.10 bits per heavy atom. The molecular weight excluding hydrogens is 474 g/mol. The maximum absolute atomic E-state index is 13.5. The van der Waals surface area contributed by atoms with Gasteiger partial charge in [0.05, 0.1) is 11.5 Å². The van der Waals surface area contributed by atoms with Crippen molar-refractivity contribution in [3.8, 4) is 0 Å². The average molecular weight is 506 g/mol. The third-order valence-corrected chi connectivity index (χ3v) is 7.46. The molecule has 0 amide bonds. The van der Waals surface area contributed by atoms with Crippen molar-refractivity contribution in [1.29, 1.82) is 0 Å². The standard InChI is InChI=1S/C21H32BrNO6S/c1-7-28-19(25)17(13-21(5,6)15-22)23(14-18(24)29-20(2,3)4)30(26,27)16-11-9-8-10-12-16/h8-12,17H,7,13-15H2,1-6H3/t17-/m0/s1. The third kappa shape index (κ3) is 8.00. The van der Waals surface area contributed by atoms with Gasteiger partial charge in [-0.3, -0.25) is 9.59 Å². The van der Waals surface area contributed by atoms with Crippen LogP contribution < -0.4 is 0 Å². The first-order chi connectivity index (χ1) is 13.7. The highest BCUT2D eigenvalue weighted by Gasteiger charge is 2.41. The molecule has 9 heteroatoms.